The van der Waals surface area contributed by atoms with Gasteiger partial charge in [0, 0.05) is 13.1 Å². The smallest absolute Gasteiger partial charge is 0.347 e. The van der Waals surface area contributed by atoms with Crippen LogP contribution in [0, 0.1) is 12.8 Å². The summed E-state index contributed by atoms with van der Waals surface area (Å²) in [5.41, 5.74) is 0.522. The first-order valence-electron chi connectivity index (χ1n) is 7.19. The maximum absolute atomic E-state index is 12.8. The van der Waals surface area contributed by atoms with Gasteiger partial charge in [-0.2, -0.15) is 4.31 Å². The van der Waals surface area contributed by atoms with Gasteiger partial charge in [-0.25, -0.2) is 13.2 Å². The van der Waals surface area contributed by atoms with Crippen molar-refractivity contribution in [2.75, 3.05) is 13.1 Å². The molecule has 5 nitrogen and oxygen atoms in total. The molecule has 1 aliphatic rings. The zero-order chi connectivity index (χ0) is 15.6. The Hall–Kier alpha value is -0.920. The van der Waals surface area contributed by atoms with Crippen molar-refractivity contribution in [3.05, 3.63) is 15.8 Å². The fourth-order valence-corrected chi connectivity index (χ4v) is 5.90. The number of thiophene rings is 1. The summed E-state index contributed by atoms with van der Waals surface area (Å²) in [5, 5.41) is 10.8. The molecule has 2 rings (SSSR count). The fraction of sp³-hybridized carbons (Fsp3) is 0.643. The van der Waals surface area contributed by atoms with Crippen LogP contribution in [0.1, 0.15) is 47.8 Å². The Balaban J connectivity index is 2.34. The zero-order valence-corrected chi connectivity index (χ0v) is 14.0. The number of carboxylic acids is 1. The van der Waals surface area contributed by atoms with E-state index < -0.39 is 16.0 Å². The second kappa shape index (κ2) is 6.46. The zero-order valence-electron chi connectivity index (χ0n) is 12.3. The monoisotopic (exact) mass is 331 g/mol. The lowest BCUT2D eigenvalue weighted by Crippen LogP contribution is -2.33. The van der Waals surface area contributed by atoms with Crippen molar-refractivity contribution >= 4 is 27.3 Å². The first kappa shape index (κ1) is 16.5. The quantitative estimate of drug-likeness (QED) is 0.920. The van der Waals surface area contributed by atoms with Crippen molar-refractivity contribution in [3.63, 3.8) is 0 Å². The molecule has 2 heterocycles. The van der Waals surface area contributed by atoms with Crippen molar-refractivity contribution in [3.8, 4) is 0 Å². The van der Waals surface area contributed by atoms with Crippen LogP contribution in [-0.2, 0) is 10.0 Å². The highest BCUT2D eigenvalue weighted by molar-refractivity contribution is 7.89. The van der Waals surface area contributed by atoms with Gasteiger partial charge < -0.3 is 5.11 Å². The van der Waals surface area contributed by atoms with Crippen molar-refractivity contribution < 1.29 is 18.3 Å². The summed E-state index contributed by atoms with van der Waals surface area (Å²) in [6.45, 7) is 4.74. The van der Waals surface area contributed by atoms with Crippen LogP contribution in [0.2, 0.25) is 0 Å². The average Bonchev–Trinajstić information content (AvgIpc) is 2.68. The molecular weight excluding hydrogens is 310 g/mol. The Bertz CT molecular complexity index is 621. The lowest BCUT2D eigenvalue weighted by atomic mass is 9.98. The molecule has 1 unspecified atom stereocenters. The molecule has 1 aromatic heterocycles. The van der Waals surface area contributed by atoms with Crippen LogP contribution in [0.15, 0.2) is 10.3 Å². The second-order valence-corrected chi connectivity index (χ2v) is 8.25. The lowest BCUT2D eigenvalue weighted by molar-refractivity contribution is 0.0698. The predicted molar refractivity (Wildman–Crippen MR) is 82.4 cm³/mol. The van der Waals surface area contributed by atoms with Crippen LogP contribution in [0.4, 0.5) is 0 Å². The number of sulfonamides is 1. The number of nitrogens with zero attached hydrogens (tertiary/aromatic N) is 1. The predicted octanol–water partition coefficient (Wildman–Crippen LogP) is 2.96. The van der Waals surface area contributed by atoms with E-state index in [1.165, 1.54) is 4.31 Å². The lowest BCUT2D eigenvalue weighted by Gasteiger charge is -2.20. The van der Waals surface area contributed by atoms with Crippen molar-refractivity contribution in [1.29, 1.82) is 0 Å². The molecule has 7 heteroatoms. The molecule has 0 spiro atoms. The van der Waals surface area contributed by atoms with E-state index in [2.05, 4.69) is 6.92 Å². The number of carboxylic acid groups (broad SMARTS) is 1. The molecule has 0 bridgehead atoms. The van der Waals surface area contributed by atoms with E-state index in [9.17, 15) is 18.3 Å². The number of aryl methyl sites for hydroxylation is 1. The van der Waals surface area contributed by atoms with Crippen molar-refractivity contribution in [2.45, 2.75) is 44.4 Å². The molecule has 1 N–H and O–H groups in total. The molecule has 0 amide bonds. The Labute approximate surface area is 129 Å². The van der Waals surface area contributed by atoms with Crippen molar-refractivity contribution in [2.24, 2.45) is 5.92 Å². The van der Waals surface area contributed by atoms with E-state index in [0.717, 1.165) is 37.0 Å². The number of hydrogen-bond donors (Lipinski definition) is 1. The molecule has 1 aromatic rings. The standard InChI is InChI=1S/C14H21NO4S2/c1-3-11-5-4-7-15(8-6-11)21(18,19)13-10(2)9-20-12(13)14(16)17/h9,11H,3-8H2,1-2H3,(H,16,17). The summed E-state index contributed by atoms with van der Waals surface area (Å²) in [5.74, 6) is -0.611. The number of rotatable bonds is 4. The Morgan fingerprint density at radius 1 is 1.43 bits per heavy atom. The summed E-state index contributed by atoms with van der Waals surface area (Å²) in [7, 11) is -3.72. The first-order valence-corrected chi connectivity index (χ1v) is 9.51. The molecular formula is C14H21NO4S2. The molecule has 21 heavy (non-hydrogen) atoms. The van der Waals surface area contributed by atoms with Crippen molar-refractivity contribution in [1.82, 2.24) is 4.31 Å². The van der Waals surface area contributed by atoms with E-state index in [0.29, 0.717) is 24.6 Å². The Morgan fingerprint density at radius 2 is 2.14 bits per heavy atom. The first-order chi connectivity index (χ1) is 9.87. The molecule has 1 fully saturated rings. The fourth-order valence-electron chi connectivity index (χ4n) is 2.82. The van der Waals surface area contributed by atoms with Gasteiger partial charge in [0.05, 0.1) is 0 Å². The topological polar surface area (TPSA) is 74.7 Å². The minimum atomic E-state index is -3.72. The van der Waals surface area contributed by atoms with E-state index in [4.69, 9.17) is 0 Å². The van der Waals surface area contributed by atoms with E-state index in [1.807, 2.05) is 0 Å². The third-order valence-corrected chi connectivity index (χ3v) is 7.40. The summed E-state index contributed by atoms with van der Waals surface area (Å²) in [6.07, 6.45) is 3.79. The molecule has 1 aliphatic heterocycles. The minimum absolute atomic E-state index is 0.0186. The second-order valence-electron chi connectivity index (χ2n) is 5.49. The number of carbonyl (C=O) groups is 1. The SMILES string of the molecule is CCC1CCCN(S(=O)(=O)c2c(C)csc2C(=O)O)CC1. The summed E-state index contributed by atoms with van der Waals surface area (Å²) >= 11 is 0.980. The molecule has 0 radical (unpaired) electrons. The van der Waals surface area contributed by atoms with Gasteiger partial charge in [-0.05, 0) is 43.0 Å². The van der Waals surface area contributed by atoms with Gasteiger partial charge in [0.25, 0.3) is 0 Å². The minimum Gasteiger partial charge on any atom is -0.477 e. The maximum atomic E-state index is 12.8. The largest absolute Gasteiger partial charge is 0.477 e. The van der Waals surface area contributed by atoms with Crippen LogP contribution >= 0.6 is 11.3 Å². The highest BCUT2D eigenvalue weighted by Crippen LogP contribution is 2.31. The molecule has 1 atom stereocenters. The summed E-state index contributed by atoms with van der Waals surface area (Å²) in [6, 6.07) is 0. The van der Waals surface area contributed by atoms with Gasteiger partial charge in [-0.15, -0.1) is 11.3 Å². The molecule has 0 aliphatic carbocycles. The molecule has 118 valence electrons. The Morgan fingerprint density at radius 3 is 2.76 bits per heavy atom. The van der Waals surface area contributed by atoms with E-state index in [-0.39, 0.29) is 9.77 Å². The highest BCUT2D eigenvalue weighted by Gasteiger charge is 2.33. The highest BCUT2D eigenvalue weighted by atomic mass is 32.2. The van der Waals surface area contributed by atoms with Gasteiger partial charge in [0.15, 0.2) is 0 Å². The summed E-state index contributed by atoms with van der Waals surface area (Å²) in [4.78, 5) is 11.2. The van der Waals surface area contributed by atoms with Crippen LogP contribution in [-0.4, -0.2) is 36.9 Å². The van der Waals surface area contributed by atoms with Crippen LogP contribution in [0.5, 0.6) is 0 Å². The Kier molecular flexibility index (Phi) is 5.06. The van der Waals surface area contributed by atoms with Crippen LogP contribution in [0.3, 0.4) is 0 Å². The van der Waals surface area contributed by atoms with E-state index in [1.54, 1.807) is 12.3 Å². The van der Waals surface area contributed by atoms with Gasteiger partial charge in [0.1, 0.15) is 9.77 Å². The maximum Gasteiger partial charge on any atom is 0.347 e. The molecule has 0 aromatic carbocycles. The normalized spacial score (nSPS) is 21.1. The number of hydrogen-bond acceptors (Lipinski definition) is 4. The van der Waals surface area contributed by atoms with Gasteiger partial charge in [-0.3, -0.25) is 0 Å². The van der Waals surface area contributed by atoms with Gasteiger partial charge in [0.2, 0.25) is 10.0 Å². The average molecular weight is 331 g/mol. The van der Waals surface area contributed by atoms with Crippen LogP contribution in [0.25, 0.3) is 0 Å². The summed E-state index contributed by atoms with van der Waals surface area (Å²) < 4.78 is 27.1. The third kappa shape index (κ3) is 3.30. The van der Waals surface area contributed by atoms with Gasteiger partial charge >= 0.3 is 5.97 Å². The number of aromatic carboxylic acids is 1. The third-order valence-electron chi connectivity index (χ3n) is 4.09. The van der Waals surface area contributed by atoms with Gasteiger partial charge in [-0.1, -0.05) is 13.3 Å². The van der Waals surface area contributed by atoms with E-state index >= 15 is 0 Å². The van der Waals surface area contributed by atoms with Crippen LogP contribution < -0.4 is 0 Å². The molecule has 1 saturated heterocycles. The molecule has 0 saturated carbocycles.